The molecule has 2 aromatic rings. The highest BCUT2D eigenvalue weighted by Crippen LogP contribution is 2.24. The molecule has 138 valence electrons. The van der Waals surface area contributed by atoms with Crippen molar-refractivity contribution >= 4 is 22.8 Å². The van der Waals surface area contributed by atoms with Gasteiger partial charge in [0.25, 0.3) is 5.91 Å². The summed E-state index contributed by atoms with van der Waals surface area (Å²) in [5, 5.41) is 3.36. The van der Waals surface area contributed by atoms with Gasteiger partial charge in [0.2, 0.25) is 0 Å². The Morgan fingerprint density at radius 2 is 1.92 bits per heavy atom. The Kier molecular flexibility index (Phi) is 6.04. The van der Waals surface area contributed by atoms with E-state index in [9.17, 15) is 14.4 Å². The van der Waals surface area contributed by atoms with Crippen molar-refractivity contribution in [3.8, 4) is 0 Å². The molecule has 26 heavy (non-hydrogen) atoms. The summed E-state index contributed by atoms with van der Waals surface area (Å²) < 4.78 is 10.4. The van der Waals surface area contributed by atoms with Gasteiger partial charge in [0.05, 0.1) is 12.5 Å². The first kappa shape index (κ1) is 18.2. The first-order valence-electron chi connectivity index (χ1n) is 9.13. The van der Waals surface area contributed by atoms with Crippen LogP contribution in [0.3, 0.4) is 0 Å². The van der Waals surface area contributed by atoms with Crippen molar-refractivity contribution in [2.75, 3.05) is 13.2 Å². The molecule has 0 radical (unpaired) electrons. The molecule has 0 saturated heterocycles. The molecule has 6 nitrogen and oxygen atoms in total. The van der Waals surface area contributed by atoms with Crippen molar-refractivity contribution in [2.45, 2.75) is 38.5 Å². The molecule has 6 heteroatoms. The summed E-state index contributed by atoms with van der Waals surface area (Å²) in [4.78, 5) is 36.0. The molecule has 0 aliphatic heterocycles. The first-order valence-corrected chi connectivity index (χ1v) is 9.13. The van der Waals surface area contributed by atoms with E-state index < -0.39 is 11.5 Å². The summed E-state index contributed by atoms with van der Waals surface area (Å²) in [7, 11) is 0. The molecule has 1 amide bonds. The van der Waals surface area contributed by atoms with Gasteiger partial charge in [-0.1, -0.05) is 37.5 Å². The van der Waals surface area contributed by atoms with Gasteiger partial charge in [0.15, 0.2) is 0 Å². The van der Waals surface area contributed by atoms with E-state index in [1.54, 1.807) is 18.2 Å². The number of fused-ring (bicyclic) bond motifs is 1. The Balaban J connectivity index is 1.45. The van der Waals surface area contributed by atoms with Crippen LogP contribution in [-0.2, 0) is 9.53 Å². The lowest BCUT2D eigenvalue weighted by molar-refractivity contribution is -0.149. The third-order valence-corrected chi connectivity index (χ3v) is 4.68. The molecule has 1 heterocycles. The summed E-state index contributed by atoms with van der Waals surface area (Å²) in [5.41, 5.74) is -0.239. The SMILES string of the molecule is O=C(NCCCOC(=O)C1CCCCC1)c1cc2ccccc2oc1=O. The van der Waals surface area contributed by atoms with E-state index in [1.165, 1.54) is 12.5 Å². The highest BCUT2D eigenvalue weighted by Gasteiger charge is 2.22. The fraction of sp³-hybridized carbons (Fsp3) is 0.450. The van der Waals surface area contributed by atoms with Crippen molar-refractivity contribution in [2.24, 2.45) is 5.92 Å². The van der Waals surface area contributed by atoms with Crippen molar-refractivity contribution in [3.63, 3.8) is 0 Å². The monoisotopic (exact) mass is 357 g/mol. The molecule has 0 unspecified atom stereocenters. The lowest BCUT2D eigenvalue weighted by Gasteiger charge is -2.19. The number of hydrogen-bond acceptors (Lipinski definition) is 5. The molecule has 1 aliphatic rings. The van der Waals surface area contributed by atoms with Crippen LogP contribution in [0.2, 0.25) is 0 Å². The van der Waals surface area contributed by atoms with Crippen LogP contribution in [0, 0.1) is 5.92 Å². The van der Waals surface area contributed by atoms with E-state index in [0.717, 1.165) is 25.7 Å². The van der Waals surface area contributed by atoms with Crippen LogP contribution in [-0.4, -0.2) is 25.0 Å². The number of nitrogens with one attached hydrogen (secondary N) is 1. The predicted octanol–water partition coefficient (Wildman–Crippen LogP) is 3.04. The Morgan fingerprint density at radius 3 is 2.73 bits per heavy atom. The topological polar surface area (TPSA) is 85.6 Å². The summed E-state index contributed by atoms with van der Waals surface area (Å²) in [6.45, 7) is 0.588. The average molecular weight is 357 g/mol. The molecule has 1 aromatic carbocycles. The zero-order chi connectivity index (χ0) is 18.4. The molecule has 1 fully saturated rings. The van der Waals surface area contributed by atoms with E-state index in [4.69, 9.17) is 9.15 Å². The molecule has 1 aromatic heterocycles. The van der Waals surface area contributed by atoms with Crippen LogP contribution in [0.25, 0.3) is 11.0 Å². The lowest BCUT2D eigenvalue weighted by Crippen LogP contribution is -2.30. The van der Waals surface area contributed by atoms with Crippen LogP contribution >= 0.6 is 0 Å². The maximum atomic E-state index is 12.2. The van der Waals surface area contributed by atoms with Crippen molar-refractivity contribution in [1.29, 1.82) is 0 Å². The molecule has 1 saturated carbocycles. The largest absolute Gasteiger partial charge is 0.465 e. The molecule has 3 rings (SSSR count). The number of carbonyl (C=O) groups is 2. The quantitative estimate of drug-likeness (QED) is 0.488. The van der Waals surface area contributed by atoms with Crippen LogP contribution in [0.1, 0.15) is 48.9 Å². The third-order valence-electron chi connectivity index (χ3n) is 4.68. The Hall–Kier alpha value is -2.63. The van der Waals surface area contributed by atoms with Gasteiger partial charge in [-0.15, -0.1) is 0 Å². The molecule has 1 N–H and O–H groups in total. The van der Waals surface area contributed by atoms with Gasteiger partial charge < -0.3 is 14.5 Å². The van der Waals surface area contributed by atoms with Gasteiger partial charge in [0.1, 0.15) is 11.1 Å². The number of rotatable bonds is 6. The van der Waals surface area contributed by atoms with E-state index in [0.29, 0.717) is 23.9 Å². The number of esters is 1. The normalized spacial score (nSPS) is 14.9. The number of ether oxygens (including phenoxy) is 1. The molecule has 0 bridgehead atoms. The summed E-state index contributed by atoms with van der Waals surface area (Å²) >= 11 is 0. The van der Waals surface area contributed by atoms with Crippen LogP contribution in [0.4, 0.5) is 0 Å². The number of para-hydroxylation sites is 1. The van der Waals surface area contributed by atoms with E-state index >= 15 is 0 Å². The maximum Gasteiger partial charge on any atom is 0.349 e. The summed E-state index contributed by atoms with van der Waals surface area (Å²) in [6.07, 6.45) is 5.69. The highest BCUT2D eigenvalue weighted by atomic mass is 16.5. The Morgan fingerprint density at radius 1 is 1.15 bits per heavy atom. The number of hydrogen-bond donors (Lipinski definition) is 1. The number of amides is 1. The Labute approximate surface area is 151 Å². The zero-order valence-electron chi connectivity index (χ0n) is 14.7. The van der Waals surface area contributed by atoms with Crippen LogP contribution in [0.15, 0.2) is 39.5 Å². The molecule has 1 aliphatic carbocycles. The molecular formula is C20H23NO5. The Bertz CT molecular complexity index is 835. The minimum Gasteiger partial charge on any atom is -0.465 e. The molecule has 0 spiro atoms. The summed E-state index contributed by atoms with van der Waals surface area (Å²) in [6, 6.07) is 8.56. The van der Waals surface area contributed by atoms with Gasteiger partial charge in [0, 0.05) is 11.9 Å². The first-order chi connectivity index (χ1) is 12.6. The smallest absolute Gasteiger partial charge is 0.349 e. The minimum atomic E-state index is -0.662. The van der Waals surface area contributed by atoms with E-state index in [2.05, 4.69) is 5.32 Å². The lowest BCUT2D eigenvalue weighted by atomic mass is 9.89. The average Bonchev–Trinajstić information content (AvgIpc) is 2.67. The molecular weight excluding hydrogens is 334 g/mol. The summed E-state index contributed by atoms with van der Waals surface area (Å²) in [5.74, 6) is -0.588. The zero-order valence-corrected chi connectivity index (χ0v) is 14.7. The molecule has 0 atom stereocenters. The maximum absolute atomic E-state index is 12.2. The van der Waals surface area contributed by atoms with Crippen molar-refractivity contribution < 1.29 is 18.7 Å². The number of benzene rings is 1. The third kappa shape index (κ3) is 4.50. The van der Waals surface area contributed by atoms with Gasteiger partial charge in [-0.25, -0.2) is 4.79 Å². The minimum absolute atomic E-state index is 0.0251. The van der Waals surface area contributed by atoms with Gasteiger partial charge >= 0.3 is 11.6 Å². The fourth-order valence-electron chi connectivity index (χ4n) is 3.22. The standard InChI is InChI=1S/C20H23NO5/c22-18(16-13-15-9-4-5-10-17(15)26-20(16)24)21-11-6-12-25-19(23)14-7-2-1-3-8-14/h4-5,9-10,13-14H,1-3,6-8,11-12H2,(H,21,22). The highest BCUT2D eigenvalue weighted by molar-refractivity contribution is 5.96. The van der Waals surface area contributed by atoms with Crippen molar-refractivity contribution in [1.82, 2.24) is 5.32 Å². The van der Waals surface area contributed by atoms with Gasteiger partial charge in [-0.05, 0) is 31.4 Å². The number of carbonyl (C=O) groups excluding carboxylic acids is 2. The second-order valence-corrected chi connectivity index (χ2v) is 6.60. The second kappa shape index (κ2) is 8.65. The fourth-order valence-corrected chi connectivity index (χ4v) is 3.22. The van der Waals surface area contributed by atoms with E-state index in [1.807, 2.05) is 6.07 Å². The van der Waals surface area contributed by atoms with E-state index in [-0.39, 0.29) is 24.1 Å². The second-order valence-electron chi connectivity index (χ2n) is 6.60. The van der Waals surface area contributed by atoms with Gasteiger partial charge in [-0.2, -0.15) is 0 Å². The van der Waals surface area contributed by atoms with Crippen molar-refractivity contribution in [3.05, 3.63) is 46.3 Å². The van der Waals surface area contributed by atoms with Crippen LogP contribution in [0.5, 0.6) is 0 Å². The predicted molar refractivity (Wildman–Crippen MR) is 97.0 cm³/mol. The van der Waals surface area contributed by atoms with Gasteiger partial charge in [-0.3, -0.25) is 9.59 Å². The van der Waals surface area contributed by atoms with Crippen LogP contribution < -0.4 is 10.9 Å².